The Balaban J connectivity index is 2.29. The van der Waals surface area contributed by atoms with Crippen LogP contribution in [0.2, 0.25) is 0 Å². The number of hydrogen-bond donors (Lipinski definition) is 1. The van der Waals surface area contributed by atoms with Gasteiger partial charge in [-0.1, -0.05) is 0 Å². The van der Waals surface area contributed by atoms with E-state index in [4.69, 9.17) is 5.11 Å². The number of rotatable bonds is 2. The molecule has 21 heavy (non-hydrogen) atoms. The lowest BCUT2D eigenvalue weighted by atomic mass is 9.78. The fourth-order valence-corrected chi connectivity index (χ4v) is 2.86. The summed E-state index contributed by atoms with van der Waals surface area (Å²) in [6.45, 7) is 1.78. The van der Waals surface area contributed by atoms with Crippen LogP contribution in [-0.2, 0) is 11.7 Å². The first kappa shape index (κ1) is 13.9. The van der Waals surface area contributed by atoms with Crippen LogP contribution >= 0.6 is 0 Å². The predicted molar refractivity (Wildman–Crippen MR) is 69.2 cm³/mol. The Labute approximate surface area is 118 Å². The van der Waals surface area contributed by atoms with Gasteiger partial charge in [-0.25, -0.2) is 9.78 Å². The molecule has 1 aromatic carbocycles. The van der Waals surface area contributed by atoms with Crippen molar-refractivity contribution in [1.82, 2.24) is 9.55 Å². The number of halogens is 3. The predicted octanol–water partition coefficient (Wildman–Crippen LogP) is 3.65. The normalized spacial score (nSPS) is 17.7. The van der Waals surface area contributed by atoms with Gasteiger partial charge in [0.1, 0.15) is 0 Å². The highest BCUT2D eigenvalue weighted by atomic mass is 19.4. The smallest absolute Gasteiger partial charge is 0.449 e. The number of nitrogens with zero attached hydrogens (tertiary/aromatic N) is 2. The van der Waals surface area contributed by atoms with Gasteiger partial charge in [0.05, 0.1) is 16.6 Å². The van der Waals surface area contributed by atoms with Crippen LogP contribution < -0.4 is 0 Å². The zero-order valence-corrected chi connectivity index (χ0v) is 11.2. The summed E-state index contributed by atoms with van der Waals surface area (Å²) in [6.07, 6.45) is -2.38. The summed E-state index contributed by atoms with van der Waals surface area (Å²) in [5.74, 6) is -2.14. The number of hydrogen-bond acceptors (Lipinski definition) is 2. The van der Waals surface area contributed by atoms with Crippen LogP contribution in [0.5, 0.6) is 0 Å². The zero-order valence-electron chi connectivity index (χ0n) is 11.2. The van der Waals surface area contributed by atoms with Gasteiger partial charge in [0.15, 0.2) is 0 Å². The fourth-order valence-electron chi connectivity index (χ4n) is 2.86. The molecule has 0 unspecified atom stereocenters. The first-order valence-electron chi connectivity index (χ1n) is 6.56. The van der Waals surface area contributed by atoms with E-state index in [2.05, 4.69) is 4.98 Å². The Morgan fingerprint density at radius 2 is 2.05 bits per heavy atom. The number of alkyl halides is 3. The Bertz CT molecular complexity index is 730. The molecule has 1 fully saturated rings. The van der Waals surface area contributed by atoms with Gasteiger partial charge in [-0.2, -0.15) is 13.2 Å². The second-order valence-electron chi connectivity index (χ2n) is 5.63. The van der Waals surface area contributed by atoms with Crippen LogP contribution in [0.25, 0.3) is 11.0 Å². The van der Waals surface area contributed by atoms with Gasteiger partial charge in [-0.05, 0) is 44.4 Å². The lowest BCUT2D eigenvalue weighted by Crippen LogP contribution is -2.39. The fraction of sp³-hybridized carbons (Fsp3) is 0.429. The van der Waals surface area contributed by atoms with Crippen LogP contribution in [0.3, 0.4) is 0 Å². The van der Waals surface area contributed by atoms with Gasteiger partial charge in [0, 0.05) is 5.54 Å². The Morgan fingerprint density at radius 3 is 2.52 bits per heavy atom. The number of fused-ring (bicyclic) bond motifs is 1. The number of benzene rings is 1. The highest BCUT2D eigenvalue weighted by Gasteiger charge is 2.45. The van der Waals surface area contributed by atoms with Gasteiger partial charge in [-0.3, -0.25) is 0 Å². The molecule has 0 spiro atoms. The maximum absolute atomic E-state index is 13.2. The molecule has 0 bridgehead atoms. The number of aromatic carboxylic acids is 1. The summed E-state index contributed by atoms with van der Waals surface area (Å²) in [5, 5.41) is 8.94. The van der Waals surface area contributed by atoms with E-state index in [1.54, 1.807) is 6.92 Å². The first-order chi connectivity index (χ1) is 9.72. The molecule has 1 aliphatic rings. The average molecular weight is 298 g/mol. The summed E-state index contributed by atoms with van der Waals surface area (Å²) in [4.78, 5) is 14.6. The quantitative estimate of drug-likeness (QED) is 0.920. The van der Waals surface area contributed by atoms with E-state index in [0.717, 1.165) is 6.42 Å². The number of aromatic nitrogens is 2. The maximum Gasteiger partial charge on any atom is 0.449 e. The highest BCUT2D eigenvalue weighted by molar-refractivity contribution is 5.92. The van der Waals surface area contributed by atoms with Gasteiger partial charge in [0.25, 0.3) is 0 Å². The van der Waals surface area contributed by atoms with Crippen molar-refractivity contribution in [1.29, 1.82) is 0 Å². The minimum absolute atomic E-state index is 0.0651. The van der Waals surface area contributed by atoms with E-state index in [-0.39, 0.29) is 11.1 Å². The molecule has 0 atom stereocenters. The summed E-state index contributed by atoms with van der Waals surface area (Å²) >= 11 is 0. The molecule has 0 radical (unpaired) electrons. The molecule has 0 amide bonds. The van der Waals surface area contributed by atoms with Gasteiger partial charge in [0.2, 0.25) is 5.82 Å². The summed E-state index contributed by atoms with van der Waals surface area (Å²) < 4.78 is 40.9. The number of imidazole rings is 1. The van der Waals surface area contributed by atoms with Crippen molar-refractivity contribution in [3.63, 3.8) is 0 Å². The molecule has 1 aliphatic carbocycles. The first-order valence-corrected chi connectivity index (χ1v) is 6.56. The zero-order chi connectivity index (χ0) is 15.4. The standard InChI is InChI=1S/C14H13F3N2O2/c1-13(5-2-6-13)19-10-4-3-8(11(20)21)7-9(10)18-12(19)14(15,16)17/h3-4,7H,2,5-6H2,1H3,(H,20,21). The third kappa shape index (κ3) is 2.07. The van der Waals surface area contributed by atoms with Crippen molar-refractivity contribution in [2.75, 3.05) is 0 Å². The molecule has 2 aromatic rings. The van der Waals surface area contributed by atoms with Crippen molar-refractivity contribution in [3.8, 4) is 0 Å². The molecule has 112 valence electrons. The van der Waals surface area contributed by atoms with Crippen LogP contribution in [0.1, 0.15) is 42.4 Å². The summed E-state index contributed by atoms with van der Waals surface area (Å²) in [6, 6.07) is 3.90. The highest BCUT2D eigenvalue weighted by Crippen LogP contribution is 2.44. The Morgan fingerprint density at radius 1 is 1.38 bits per heavy atom. The van der Waals surface area contributed by atoms with Crippen molar-refractivity contribution in [3.05, 3.63) is 29.6 Å². The number of carboxylic acid groups (broad SMARTS) is 1. The van der Waals surface area contributed by atoms with E-state index < -0.39 is 23.5 Å². The molecule has 0 saturated heterocycles. The summed E-state index contributed by atoms with van der Waals surface area (Å²) in [5.41, 5.74) is -0.283. The lowest BCUT2D eigenvalue weighted by Gasteiger charge is -2.41. The van der Waals surface area contributed by atoms with Crippen molar-refractivity contribution >= 4 is 17.0 Å². The molecule has 7 heteroatoms. The van der Waals surface area contributed by atoms with E-state index in [9.17, 15) is 18.0 Å². The SMILES string of the molecule is CC1(n2c(C(F)(F)F)nc3cc(C(=O)O)ccc32)CCC1. The number of carbonyl (C=O) groups is 1. The molecular formula is C14H13F3N2O2. The van der Waals surface area contributed by atoms with Gasteiger partial charge in [-0.15, -0.1) is 0 Å². The van der Waals surface area contributed by atoms with Crippen LogP contribution in [0, 0.1) is 0 Å². The topological polar surface area (TPSA) is 55.1 Å². The second kappa shape index (κ2) is 4.22. The van der Waals surface area contributed by atoms with E-state index >= 15 is 0 Å². The van der Waals surface area contributed by atoms with Crippen molar-refractivity contribution < 1.29 is 23.1 Å². The molecule has 3 rings (SSSR count). The van der Waals surface area contributed by atoms with Crippen molar-refractivity contribution in [2.45, 2.75) is 37.9 Å². The third-order valence-corrected chi connectivity index (χ3v) is 4.13. The number of carboxylic acids is 1. The van der Waals surface area contributed by atoms with E-state index in [1.165, 1.54) is 22.8 Å². The average Bonchev–Trinajstić information content (AvgIpc) is 2.74. The molecular weight excluding hydrogens is 285 g/mol. The van der Waals surface area contributed by atoms with Gasteiger partial charge < -0.3 is 9.67 Å². The van der Waals surface area contributed by atoms with E-state index in [1.807, 2.05) is 0 Å². The Hall–Kier alpha value is -2.05. The molecule has 1 heterocycles. The van der Waals surface area contributed by atoms with Gasteiger partial charge >= 0.3 is 12.1 Å². The maximum atomic E-state index is 13.2. The molecule has 1 N–H and O–H groups in total. The third-order valence-electron chi connectivity index (χ3n) is 4.13. The van der Waals surface area contributed by atoms with Crippen LogP contribution in [0.4, 0.5) is 13.2 Å². The molecule has 1 saturated carbocycles. The minimum atomic E-state index is -4.57. The second-order valence-corrected chi connectivity index (χ2v) is 5.63. The van der Waals surface area contributed by atoms with Crippen molar-refractivity contribution in [2.24, 2.45) is 0 Å². The van der Waals surface area contributed by atoms with Crippen LogP contribution in [0.15, 0.2) is 18.2 Å². The minimum Gasteiger partial charge on any atom is -0.478 e. The molecule has 0 aliphatic heterocycles. The Kier molecular flexibility index (Phi) is 2.80. The molecule has 1 aromatic heterocycles. The summed E-state index contributed by atoms with van der Waals surface area (Å²) in [7, 11) is 0. The van der Waals surface area contributed by atoms with Crippen LogP contribution in [-0.4, -0.2) is 20.6 Å². The lowest BCUT2D eigenvalue weighted by molar-refractivity contribution is -0.150. The molecule has 4 nitrogen and oxygen atoms in total. The monoisotopic (exact) mass is 298 g/mol. The largest absolute Gasteiger partial charge is 0.478 e. The van der Waals surface area contributed by atoms with E-state index in [0.29, 0.717) is 18.4 Å².